The van der Waals surface area contributed by atoms with Gasteiger partial charge in [-0.05, 0) is 29.9 Å². The van der Waals surface area contributed by atoms with Crippen molar-refractivity contribution < 1.29 is 4.74 Å². The SMILES string of the molecule is COC1=C(C(C)C)C[C@H](C)C=C1. The van der Waals surface area contributed by atoms with Crippen LogP contribution < -0.4 is 0 Å². The molecule has 0 saturated carbocycles. The molecule has 1 nitrogen and oxygen atoms in total. The summed E-state index contributed by atoms with van der Waals surface area (Å²) in [5, 5.41) is 0. The lowest BCUT2D eigenvalue weighted by Gasteiger charge is -2.21. The maximum Gasteiger partial charge on any atom is 0.118 e. The topological polar surface area (TPSA) is 9.23 Å². The summed E-state index contributed by atoms with van der Waals surface area (Å²) in [6, 6.07) is 0. The van der Waals surface area contributed by atoms with Gasteiger partial charge in [-0.25, -0.2) is 0 Å². The molecular formula is C11H18O. The minimum absolute atomic E-state index is 0.604. The predicted molar refractivity (Wildman–Crippen MR) is 51.8 cm³/mol. The van der Waals surface area contributed by atoms with Gasteiger partial charge < -0.3 is 4.74 Å². The van der Waals surface area contributed by atoms with Gasteiger partial charge in [-0.3, -0.25) is 0 Å². The summed E-state index contributed by atoms with van der Waals surface area (Å²) in [5.41, 5.74) is 1.45. The molecule has 0 spiro atoms. The van der Waals surface area contributed by atoms with Gasteiger partial charge in [0.25, 0.3) is 0 Å². The first-order valence-electron chi connectivity index (χ1n) is 4.60. The second-order valence-electron chi connectivity index (χ2n) is 3.79. The number of hydrogen-bond donors (Lipinski definition) is 0. The zero-order valence-corrected chi connectivity index (χ0v) is 8.42. The van der Waals surface area contributed by atoms with E-state index >= 15 is 0 Å². The van der Waals surface area contributed by atoms with Crippen molar-refractivity contribution in [3.63, 3.8) is 0 Å². The Bertz CT molecular complexity index is 211. The summed E-state index contributed by atoms with van der Waals surface area (Å²) in [7, 11) is 1.75. The van der Waals surface area contributed by atoms with Crippen molar-refractivity contribution in [3.05, 3.63) is 23.5 Å². The lowest BCUT2D eigenvalue weighted by molar-refractivity contribution is 0.291. The van der Waals surface area contributed by atoms with E-state index in [1.807, 2.05) is 0 Å². The molecule has 0 heterocycles. The molecule has 0 unspecified atom stereocenters. The molecule has 0 fully saturated rings. The van der Waals surface area contributed by atoms with Crippen LogP contribution in [0.3, 0.4) is 0 Å². The highest BCUT2D eigenvalue weighted by molar-refractivity contribution is 5.26. The van der Waals surface area contributed by atoms with Crippen molar-refractivity contribution in [1.29, 1.82) is 0 Å². The molecule has 0 N–H and O–H groups in total. The highest BCUT2D eigenvalue weighted by atomic mass is 16.5. The largest absolute Gasteiger partial charge is 0.497 e. The van der Waals surface area contributed by atoms with Gasteiger partial charge in [-0.2, -0.15) is 0 Å². The molecule has 0 amide bonds. The Morgan fingerprint density at radius 3 is 2.67 bits per heavy atom. The van der Waals surface area contributed by atoms with Gasteiger partial charge >= 0.3 is 0 Å². The maximum atomic E-state index is 5.31. The van der Waals surface area contributed by atoms with E-state index in [4.69, 9.17) is 4.74 Å². The first-order valence-corrected chi connectivity index (χ1v) is 4.60. The third-order valence-corrected chi connectivity index (χ3v) is 2.35. The Kier molecular flexibility index (Phi) is 2.96. The molecule has 1 atom stereocenters. The van der Waals surface area contributed by atoms with E-state index in [0.717, 1.165) is 12.2 Å². The van der Waals surface area contributed by atoms with Crippen LogP contribution in [0.2, 0.25) is 0 Å². The van der Waals surface area contributed by atoms with Crippen molar-refractivity contribution in [2.45, 2.75) is 27.2 Å². The van der Waals surface area contributed by atoms with Crippen LogP contribution in [0, 0.1) is 11.8 Å². The molecule has 0 aromatic rings. The summed E-state index contributed by atoms with van der Waals surface area (Å²) in [4.78, 5) is 0. The van der Waals surface area contributed by atoms with Crippen molar-refractivity contribution >= 4 is 0 Å². The highest BCUT2D eigenvalue weighted by Crippen LogP contribution is 2.28. The number of ether oxygens (including phenoxy) is 1. The maximum absolute atomic E-state index is 5.31. The molecule has 0 saturated heterocycles. The quantitative estimate of drug-likeness (QED) is 0.612. The Labute approximate surface area is 75.1 Å². The van der Waals surface area contributed by atoms with Crippen LogP contribution in [-0.4, -0.2) is 7.11 Å². The minimum Gasteiger partial charge on any atom is -0.497 e. The molecule has 1 aliphatic rings. The van der Waals surface area contributed by atoms with Gasteiger partial charge in [0.15, 0.2) is 0 Å². The van der Waals surface area contributed by atoms with Crippen molar-refractivity contribution in [2.24, 2.45) is 11.8 Å². The average Bonchev–Trinajstić information content (AvgIpc) is 2.04. The summed E-state index contributed by atoms with van der Waals surface area (Å²) in [5.74, 6) is 2.34. The second kappa shape index (κ2) is 3.79. The molecule has 1 rings (SSSR count). The van der Waals surface area contributed by atoms with Crippen LogP contribution in [0.4, 0.5) is 0 Å². The Morgan fingerprint density at radius 2 is 2.17 bits per heavy atom. The molecule has 0 radical (unpaired) electrons. The molecule has 0 aromatic carbocycles. The number of methoxy groups -OCH3 is 1. The van der Waals surface area contributed by atoms with Crippen LogP contribution in [0.15, 0.2) is 23.5 Å². The third-order valence-electron chi connectivity index (χ3n) is 2.35. The smallest absolute Gasteiger partial charge is 0.118 e. The van der Waals surface area contributed by atoms with Crippen LogP contribution in [0.5, 0.6) is 0 Å². The molecule has 12 heavy (non-hydrogen) atoms. The third kappa shape index (κ3) is 1.90. The Balaban J connectivity index is 2.86. The molecule has 1 heteroatoms. The van der Waals surface area contributed by atoms with Crippen LogP contribution in [0.25, 0.3) is 0 Å². The Morgan fingerprint density at radius 1 is 1.50 bits per heavy atom. The second-order valence-corrected chi connectivity index (χ2v) is 3.79. The molecule has 0 bridgehead atoms. The van der Waals surface area contributed by atoms with Crippen molar-refractivity contribution in [3.8, 4) is 0 Å². The normalized spacial score (nSPS) is 23.6. The lowest BCUT2D eigenvalue weighted by atomic mass is 9.88. The highest BCUT2D eigenvalue weighted by Gasteiger charge is 2.15. The lowest BCUT2D eigenvalue weighted by Crippen LogP contribution is -2.08. The molecule has 1 aliphatic carbocycles. The van der Waals surface area contributed by atoms with Crippen molar-refractivity contribution in [1.82, 2.24) is 0 Å². The van der Waals surface area contributed by atoms with Crippen LogP contribution in [-0.2, 0) is 4.74 Å². The number of rotatable bonds is 2. The van der Waals surface area contributed by atoms with E-state index in [1.165, 1.54) is 5.57 Å². The van der Waals surface area contributed by atoms with Gasteiger partial charge in [0, 0.05) is 0 Å². The van der Waals surface area contributed by atoms with E-state index in [9.17, 15) is 0 Å². The summed E-state index contributed by atoms with van der Waals surface area (Å²) in [6.45, 7) is 6.69. The monoisotopic (exact) mass is 166 g/mol. The zero-order chi connectivity index (χ0) is 9.14. The first-order chi connectivity index (χ1) is 5.65. The van der Waals surface area contributed by atoms with E-state index < -0.39 is 0 Å². The molecule has 0 aromatic heterocycles. The number of allylic oxidation sites excluding steroid dienone is 3. The predicted octanol–water partition coefficient (Wildman–Crippen LogP) is 3.14. The average molecular weight is 166 g/mol. The summed E-state index contributed by atoms with van der Waals surface area (Å²) in [6.07, 6.45) is 5.46. The standard InChI is InChI=1S/C11H18O/c1-8(2)10-7-9(3)5-6-11(10)12-4/h5-6,8-9H,7H2,1-4H3/t9-/m1/s1. The van der Waals surface area contributed by atoms with Gasteiger partial charge in [0.1, 0.15) is 5.76 Å². The molecule has 68 valence electrons. The van der Waals surface area contributed by atoms with E-state index in [2.05, 4.69) is 32.9 Å². The zero-order valence-electron chi connectivity index (χ0n) is 8.42. The fourth-order valence-electron chi connectivity index (χ4n) is 1.59. The van der Waals surface area contributed by atoms with E-state index in [0.29, 0.717) is 11.8 Å². The fraction of sp³-hybridized carbons (Fsp3) is 0.636. The first kappa shape index (κ1) is 9.37. The van der Waals surface area contributed by atoms with Crippen LogP contribution in [0.1, 0.15) is 27.2 Å². The van der Waals surface area contributed by atoms with Crippen LogP contribution >= 0.6 is 0 Å². The molecular weight excluding hydrogens is 148 g/mol. The number of hydrogen-bond acceptors (Lipinski definition) is 1. The van der Waals surface area contributed by atoms with E-state index in [-0.39, 0.29) is 0 Å². The minimum atomic E-state index is 0.604. The Hall–Kier alpha value is -0.720. The van der Waals surface area contributed by atoms with Gasteiger partial charge in [0.05, 0.1) is 7.11 Å². The van der Waals surface area contributed by atoms with Gasteiger partial charge in [-0.15, -0.1) is 0 Å². The summed E-state index contributed by atoms with van der Waals surface area (Å²) >= 11 is 0. The van der Waals surface area contributed by atoms with E-state index in [1.54, 1.807) is 7.11 Å². The summed E-state index contributed by atoms with van der Waals surface area (Å²) < 4.78 is 5.31. The molecule has 0 aliphatic heterocycles. The van der Waals surface area contributed by atoms with Crippen molar-refractivity contribution in [2.75, 3.05) is 7.11 Å². The fourth-order valence-corrected chi connectivity index (χ4v) is 1.59. The van der Waals surface area contributed by atoms with Gasteiger partial charge in [-0.1, -0.05) is 26.8 Å². The van der Waals surface area contributed by atoms with Gasteiger partial charge in [0.2, 0.25) is 0 Å².